The molecule has 0 aliphatic carbocycles. The van der Waals surface area contributed by atoms with Crippen LogP contribution in [0.3, 0.4) is 0 Å². The number of amides is 1. The molecule has 0 radical (unpaired) electrons. The van der Waals surface area contributed by atoms with Gasteiger partial charge in [-0.2, -0.15) is 0 Å². The minimum absolute atomic E-state index is 0.355. The van der Waals surface area contributed by atoms with Crippen LogP contribution < -0.4 is 0 Å². The summed E-state index contributed by atoms with van der Waals surface area (Å²) in [5.41, 5.74) is -1.11. The second-order valence-electron chi connectivity index (χ2n) is 6.14. The van der Waals surface area contributed by atoms with Crippen molar-refractivity contribution in [2.24, 2.45) is 5.41 Å². The Morgan fingerprint density at radius 2 is 2.06 bits per heavy atom. The third kappa shape index (κ3) is 3.59. The lowest BCUT2D eigenvalue weighted by atomic mass is 9.82. The van der Waals surface area contributed by atoms with Crippen LogP contribution in [0.5, 0.6) is 0 Å². The molecule has 0 bridgehead atoms. The Morgan fingerprint density at radius 1 is 1.44 bits per heavy atom. The van der Waals surface area contributed by atoms with Crippen molar-refractivity contribution in [2.75, 3.05) is 13.1 Å². The van der Waals surface area contributed by atoms with Gasteiger partial charge in [-0.25, -0.2) is 4.79 Å². The van der Waals surface area contributed by atoms with Crippen molar-refractivity contribution in [3.63, 3.8) is 0 Å². The van der Waals surface area contributed by atoms with Crippen LogP contribution >= 0.6 is 0 Å². The predicted octanol–water partition coefficient (Wildman–Crippen LogP) is 1.72. The summed E-state index contributed by atoms with van der Waals surface area (Å²) >= 11 is 0. The molecule has 1 aliphatic heterocycles. The van der Waals surface area contributed by atoms with Crippen LogP contribution in [0.2, 0.25) is 0 Å². The van der Waals surface area contributed by atoms with Gasteiger partial charge < -0.3 is 19.8 Å². The fraction of sp³-hybridized carbons (Fsp3) is 0.923. The molecular weight excluding hydrogens is 234 g/mol. The fourth-order valence-corrected chi connectivity index (χ4v) is 2.42. The van der Waals surface area contributed by atoms with E-state index in [2.05, 4.69) is 0 Å². The lowest BCUT2D eigenvalue weighted by molar-refractivity contribution is -0.133. The quantitative estimate of drug-likeness (QED) is 0.757. The number of rotatable bonds is 3. The minimum Gasteiger partial charge on any atom is -0.444 e. The topological polar surface area (TPSA) is 70.0 Å². The maximum Gasteiger partial charge on any atom is 0.410 e. The first-order chi connectivity index (χ1) is 8.20. The van der Waals surface area contributed by atoms with Crippen LogP contribution in [-0.4, -0.2) is 46.2 Å². The summed E-state index contributed by atoms with van der Waals surface area (Å²) in [5.74, 6) is 0. The van der Waals surface area contributed by atoms with E-state index in [9.17, 15) is 15.0 Å². The standard InChI is InChI=1S/C13H25NO4/c1-5-6-13(10(15)16)7-8-14(9-13)11(17)18-12(2,3)4/h10,15-16H,5-9H2,1-4H3/t13-/m0/s1. The van der Waals surface area contributed by atoms with Gasteiger partial charge in [-0.15, -0.1) is 0 Å². The van der Waals surface area contributed by atoms with Gasteiger partial charge in [0, 0.05) is 18.5 Å². The lowest BCUT2D eigenvalue weighted by Crippen LogP contribution is -2.41. The molecule has 0 unspecified atom stereocenters. The Bertz CT molecular complexity index is 298. The predicted molar refractivity (Wildman–Crippen MR) is 68.0 cm³/mol. The Labute approximate surface area is 109 Å². The zero-order chi connectivity index (χ0) is 14.0. The molecule has 1 fully saturated rings. The van der Waals surface area contributed by atoms with Gasteiger partial charge in [-0.05, 0) is 33.6 Å². The molecule has 0 aromatic rings. The number of ether oxygens (including phenoxy) is 1. The average molecular weight is 259 g/mol. The van der Waals surface area contributed by atoms with Gasteiger partial charge in [-0.1, -0.05) is 13.3 Å². The number of hydrogen-bond acceptors (Lipinski definition) is 4. The van der Waals surface area contributed by atoms with Crippen LogP contribution in [0.4, 0.5) is 4.79 Å². The second-order valence-corrected chi connectivity index (χ2v) is 6.14. The van der Waals surface area contributed by atoms with E-state index in [0.717, 1.165) is 6.42 Å². The Kier molecular flexibility index (Phi) is 4.61. The lowest BCUT2D eigenvalue weighted by Gasteiger charge is -2.31. The minimum atomic E-state index is -1.38. The first-order valence-electron chi connectivity index (χ1n) is 6.54. The number of nitrogens with zero attached hydrogens (tertiary/aromatic N) is 1. The van der Waals surface area contributed by atoms with Crippen LogP contribution in [-0.2, 0) is 4.74 Å². The van der Waals surface area contributed by atoms with Gasteiger partial charge in [0.2, 0.25) is 0 Å². The summed E-state index contributed by atoms with van der Waals surface area (Å²) in [6.07, 6.45) is 0.410. The van der Waals surface area contributed by atoms with Crippen molar-refractivity contribution in [1.29, 1.82) is 0 Å². The number of carbonyl (C=O) groups is 1. The molecule has 1 aliphatic rings. The third-order valence-corrected chi connectivity index (χ3v) is 3.33. The summed E-state index contributed by atoms with van der Waals surface area (Å²) in [6, 6.07) is 0. The van der Waals surface area contributed by atoms with E-state index in [-0.39, 0.29) is 6.09 Å². The highest BCUT2D eigenvalue weighted by atomic mass is 16.6. The zero-order valence-corrected chi connectivity index (χ0v) is 11.8. The zero-order valence-electron chi connectivity index (χ0n) is 11.8. The molecule has 1 rings (SSSR count). The van der Waals surface area contributed by atoms with Crippen molar-refractivity contribution >= 4 is 6.09 Å². The first kappa shape index (κ1) is 15.2. The molecule has 1 saturated heterocycles. The van der Waals surface area contributed by atoms with Crippen molar-refractivity contribution in [2.45, 2.75) is 58.8 Å². The molecular formula is C13H25NO4. The van der Waals surface area contributed by atoms with Gasteiger partial charge in [0.25, 0.3) is 0 Å². The summed E-state index contributed by atoms with van der Waals surface area (Å²) in [7, 11) is 0. The third-order valence-electron chi connectivity index (χ3n) is 3.33. The maximum atomic E-state index is 11.9. The van der Waals surface area contributed by atoms with Gasteiger partial charge in [0.05, 0.1) is 0 Å². The van der Waals surface area contributed by atoms with Crippen molar-refractivity contribution in [3.05, 3.63) is 0 Å². The number of aliphatic hydroxyl groups is 2. The summed E-state index contributed by atoms with van der Waals surface area (Å²) in [5, 5.41) is 19.1. The Hall–Kier alpha value is -0.810. The smallest absolute Gasteiger partial charge is 0.410 e. The molecule has 1 amide bonds. The highest BCUT2D eigenvalue weighted by Gasteiger charge is 2.45. The number of carbonyl (C=O) groups excluding carboxylic acids is 1. The molecule has 5 nitrogen and oxygen atoms in total. The second kappa shape index (κ2) is 5.45. The molecule has 5 heteroatoms. The molecule has 18 heavy (non-hydrogen) atoms. The maximum absolute atomic E-state index is 11.9. The van der Waals surface area contributed by atoms with E-state index >= 15 is 0 Å². The van der Waals surface area contributed by atoms with Crippen LogP contribution in [0, 0.1) is 5.41 Å². The molecule has 0 spiro atoms. The van der Waals surface area contributed by atoms with E-state index in [1.807, 2.05) is 27.7 Å². The van der Waals surface area contributed by atoms with Gasteiger partial charge in [0.1, 0.15) is 5.60 Å². The summed E-state index contributed by atoms with van der Waals surface area (Å²) in [6.45, 7) is 8.34. The molecule has 1 atom stereocenters. The fourth-order valence-electron chi connectivity index (χ4n) is 2.42. The first-order valence-corrected chi connectivity index (χ1v) is 6.54. The van der Waals surface area contributed by atoms with Crippen molar-refractivity contribution in [1.82, 2.24) is 4.90 Å². The molecule has 0 aromatic heterocycles. The molecule has 0 saturated carbocycles. The molecule has 2 N–H and O–H groups in total. The van der Waals surface area contributed by atoms with Crippen molar-refractivity contribution in [3.8, 4) is 0 Å². The highest BCUT2D eigenvalue weighted by Crippen LogP contribution is 2.38. The van der Waals surface area contributed by atoms with Crippen molar-refractivity contribution < 1.29 is 19.7 Å². The van der Waals surface area contributed by atoms with Crippen LogP contribution in [0.25, 0.3) is 0 Å². The van der Waals surface area contributed by atoms with Crippen LogP contribution in [0.15, 0.2) is 0 Å². The van der Waals surface area contributed by atoms with E-state index in [0.29, 0.717) is 25.9 Å². The molecule has 1 heterocycles. The van der Waals surface area contributed by atoms with E-state index in [1.165, 1.54) is 0 Å². The van der Waals surface area contributed by atoms with Gasteiger partial charge in [0.15, 0.2) is 6.29 Å². The molecule has 0 aromatic carbocycles. The number of likely N-dealkylation sites (tertiary alicyclic amines) is 1. The molecule has 106 valence electrons. The highest BCUT2D eigenvalue weighted by molar-refractivity contribution is 5.68. The van der Waals surface area contributed by atoms with E-state index < -0.39 is 17.3 Å². The largest absolute Gasteiger partial charge is 0.444 e. The number of aliphatic hydroxyl groups excluding tert-OH is 1. The average Bonchev–Trinajstić information content (AvgIpc) is 2.61. The summed E-state index contributed by atoms with van der Waals surface area (Å²) in [4.78, 5) is 13.5. The van der Waals surface area contributed by atoms with Gasteiger partial charge >= 0.3 is 6.09 Å². The Balaban J connectivity index is 2.66. The SMILES string of the molecule is CCC[C@]1(C(O)O)CCN(C(=O)OC(C)(C)C)C1. The van der Waals surface area contributed by atoms with Crippen LogP contribution in [0.1, 0.15) is 47.0 Å². The van der Waals surface area contributed by atoms with E-state index in [1.54, 1.807) is 4.90 Å². The number of hydrogen-bond donors (Lipinski definition) is 2. The van der Waals surface area contributed by atoms with Gasteiger partial charge in [-0.3, -0.25) is 0 Å². The monoisotopic (exact) mass is 259 g/mol. The normalized spacial score (nSPS) is 24.7. The summed E-state index contributed by atoms with van der Waals surface area (Å²) < 4.78 is 5.30. The Morgan fingerprint density at radius 3 is 2.50 bits per heavy atom. The van der Waals surface area contributed by atoms with E-state index in [4.69, 9.17) is 4.74 Å².